The predicted octanol–water partition coefficient (Wildman–Crippen LogP) is 4.53. The molecule has 0 aliphatic rings. The van der Waals surface area contributed by atoms with Crippen LogP contribution in [-0.2, 0) is 6.42 Å². The van der Waals surface area contributed by atoms with Crippen molar-refractivity contribution in [3.63, 3.8) is 0 Å². The minimum Gasteiger partial charge on any atom is -0.497 e. The van der Waals surface area contributed by atoms with Gasteiger partial charge in [0.25, 0.3) is 0 Å². The van der Waals surface area contributed by atoms with Crippen LogP contribution in [0.25, 0.3) is 0 Å². The Balaban J connectivity index is 2.03. The Morgan fingerprint density at radius 3 is 2.31 bits per heavy atom. The summed E-state index contributed by atoms with van der Waals surface area (Å²) in [6.07, 6.45) is 1.96. The fourth-order valence-corrected chi connectivity index (χ4v) is 3.31. The first-order valence-corrected chi connectivity index (χ1v) is 9.56. The monoisotopic (exact) mass is 355 g/mol. The van der Waals surface area contributed by atoms with Gasteiger partial charge in [-0.05, 0) is 60.4 Å². The molecule has 2 atom stereocenters. The smallest absolute Gasteiger partial charge is 0.118 e. The standard InChI is InChI=1S/C23H33NO2/c1-17(2)13-23(20-9-11-22(26-4)12-10-20)24-15-19(16-25)14-21-8-6-5-7-18(21)3/h5-12,17,19,23-25H,13-16H2,1-4H3. The maximum Gasteiger partial charge on any atom is 0.118 e. The van der Waals surface area contributed by atoms with Crippen LogP contribution in [0.5, 0.6) is 5.75 Å². The summed E-state index contributed by atoms with van der Waals surface area (Å²) in [6.45, 7) is 7.62. The first kappa shape index (κ1) is 20.5. The molecule has 0 heterocycles. The minimum atomic E-state index is 0.193. The van der Waals surface area contributed by atoms with Gasteiger partial charge in [-0.1, -0.05) is 50.2 Å². The molecule has 0 aliphatic heterocycles. The molecule has 2 aromatic carbocycles. The van der Waals surface area contributed by atoms with Gasteiger partial charge in [0.2, 0.25) is 0 Å². The zero-order valence-electron chi connectivity index (χ0n) is 16.5. The average Bonchev–Trinajstić information content (AvgIpc) is 2.65. The van der Waals surface area contributed by atoms with E-state index in [-0.39, 0.29) is 18.6 Å². The van der Waals surface area contributed by atoms with Crippen molar-refractivity contribution in [1.29, 1.82) is 0 Å². The summed E-state index contributed by atoms with van der Waals surface area (Å²) in [5.74, 6) is 1.69. The third-order valence-corrected chi connectivity index (χ3v) is 4.91. The second-order valence-electron chi connectivity index (χ2n) is 7.54. The van der Waals surface area contributed by atoms with Gasteiger partial charge in [0.15, 0.2) is 0 Å². The van der Waals surface area contributed by atoms with Gasteiger partial charge in [0.1, 0.15) is 5.75 Å². The zero-order chi connectivity index (χ0) is 18.9. The highest BCUT2D eigenvalue weighted by Crippen LogP contribution is 2.24. The van der Waals surface area contributed by atoms with Crippen LogP contribution in [0.1, 0.15) is 43.0 Å². The fraction of sp³-hybridized carbons (Fsp3) is 0.478. The van der Waals surface area contributed by atoms with E-state index >= 15 is 0 Å². The quantitative estimate of drug-likeness (QED) is 0.658. The van der Waals surface area contributed by atoms with E-state index in [1.165, 1.54) is 16.7 Å². The predicted molar refractivity (Wildman–Crippen MR) is 109 cm³/mol. The Morgan fingerprint density at radius 2 is 1.73 bits per heavy atom. The van der Waals surface area contributed by atoms with Crippen LogP contribution in [0, 0.1) is 18.8 Å². The third kappa shape index (κ3) is 6.15. The van der Waals surface area contributed by atoms with Crippen molar-refractivity contribution in [2.75, 3.05) is 20.3 Å². The Labute approximate surface area is 158 Å². The molecule has 0 saturated heterocycles. The highest BCUT2D eigenvalue weighted by molar-refractivity contribution is 5.29. The van der Waals surface area contributed by atoms with Gasteiger partial charge < -0.3 is 15.2 Å². The normalized spacial score (nSPS) is 13.6. The molecule has 2 unspecified atom stereocenters. The van der Waals surface area contributed by atoms with E-state index < -0.39 is 0 Å². The minimum absolute atomic E-state index is 0.193. The van der Waals surface area contributed by atoms with E-state index in [9.17, 15) is 5.11 Å². The highest BCUT2D eigenvalue weighted by Gasteiger charge is 2.16. The number of hydrogen-bond donors (Lipinski definition) is 2. The molecule has 0 fully saturated rings. The lowest BCUT2D eigenvalue weighted by Gasteiger charge is -2.24. The largest absolute Gasteiger partial charge is 0.497 e. The fourth-order valence-electron chi connectivity index (χ4n) is 3.31. The molecule has 0 aromatic heterocycles. The number of nitrogens with one attached hydrogen (secondary N) is 1. The maximum absolute atomic E-state index is 9.86. The van der Waals surface area contributed by atoms with Crippen LogP contribution in [0.2, 0.25) is 0 Å². The van der Waals surface area contributed by atoms with Gasteiger partial charge in [-0.3, -0.25) is 0 Å². The summed E-state index contributed by atoms with van der Waals surface area (Å²) in [5, 5.41) is 13.6. The SMILES string of the molecule is COc1ccc(C(CC(C)C)NCC(CO)Cc2ccccc2C)cc1. The van der Waals surface area contributed by atoms with Crippen molar-refractivity contribution in [1.82, 2.24) is 5.32 Å². The van der Waals surface area contributed by atoms with Crippen molar-refractivity contribution in [3.05, 3.63) is 65.2 Å². The number of rotatable bonds is 10. The lowest BCUT2D eigenvalue weighted by Crippen LogP contribution is -2.31. The van der Waals surface area contributed by atoms with Crippen LogP contribution in [0.4, 0.5) is 0 Å². The summed E-state index contributed by atoms with van der Waals surface area (Å²) >= 11 is 0. The molecule has 0 spiro atoms. The molecular weight excluding hydrogens is 322 g/mol. The van der Waals surface area contributed by atoms with E-state index in [0.717, 1.165) is 25.1 Å². The Hall–Kier alpha value is -1.84. The lowest BCUT2D eigenvalue weighted by molar-refractivity contribution is 0.216. The maximum atomic E-state index is 9.86. The van der Waals surface area contributed by atoms with E-state index in [0.29, 0.717) is 5.92 Å². The summed E-state index contributed by atoms with van der Waals surface area (Å²) in [7, 11) is 1.69. The van der Waals surface area contributed by atoms with Crippen molar-refractivity contribution in [2.45, 2.75) is 39.7 Å². The first-order chi connectivity index (χ1) is 12.5. The highest BCUT2D eigenvalue weighted by atomic mass is 16.5. The van der Waals surface area contributed by atoms with Crippen molar-refractivity contribution in [2.24, 2.45) is 11.8 Å². The van der Waals surface area contributed by atoms with Gasteiger partial charge in [0.05, 0.1) is 7.11 Å². The van der Waals surface area contributed by atoms with Gasteiger partial charge in [-0.25, -0.2) is 0 Å². The molecule has 3 heteroatoms. The lowest BCUT2D eigenvalue weighted by atomic mass is 9.94. The zero-order valence-corrected chi connectivity index (χ0v) is 16.5. The molecule has 0 radical (unpaired) electrons. The molecule has 0 aliphatic carbocycles. The molecular formula is C23H33NO2. The Bertz CT molecular complexity index is 652. The number of hydrogen-bond acceptors (Lipinski definition) is 3. The summed E-state index contributed by atoms with van der Waals surface area (Å²) in [4.78, 5) is 0. The summed E-state index contributed by atoms with van der Waals surface area (Å²) < 4.78 is 5.27. The number of methoxy groups -OCH3 is 1. The number of aryl methyl sites for hydroxylation is 1. The third-order valence-electron chi connectivity index (χ3n) is 4.91. The second-order valence-corrected chi connectivity index (χ2v) is 7.54. The second kappa shape index (κ2) is 10.3. The van der Waals surface area contributed by atoms with Gasteiger partial charge >= 0.3 is 0 Å². The van der Waals surface area contributed by atoms with E-state index in [4.69, 9.17) is 4.74 Å². The molecule has 0 amide bonds. The summed E-state index contributed by atoms with van der Waals surface area (Å²) in [5.41, 5.74) is 3.88. The van der Waals surface area contributed by atoms with Crippen LogP contribution in [-0.4, -0.2) is 25.4 Å². The molecule has 2 N–H and O–H groups in total. The molecule has 2 rings (SSSR count). The van der Waals surface area contributed by atoms with Crippen LogP contribution >= 0.6 is 0 Å². The van der Waals surface area contributed by atoms with Crippen LogP contribution < -0.4 is 10.1 Å². The summed E-state index contributed by atoms with van der Waals surface area (Å²) in [6, 6.07) is 17.0. The van der Waals surface area contributed by atoms with E-state index in [1.807, 2.05) is 12.1 Å². The number of aliphatic hydroxyl groups is 1. The molecule has 0 bridgehead atoms. The van der Waals surface area contributed by atoms with Crippen LogP contribution in [0.15, 0.2) is 48.5 Å². The molecule has 0 saturated carbocycles. The molecule has 2 aromatic rings. The number of aliphatic hydroxyl groups excluding tert-OH is 1. The first-order valence-electron chi connectivity index (χ1n) is 9.56. The van der Waals surface area contributed by atoms with Crippen molar-refractivity contribution >= 4 is 0 Å². The Kier molecular flexibility index (Phi) is 8.14. The van der Waals surface area contributed by atoms with E-state index in [1.54, 1.807) is 7.11 Å². The van der Waals surface area contributed by atoms with Crippen LogP contribution in [0.3, 0.4) is 0 Å². The van der Waals surface area contributed by atoms with Gasteiger partial charge in [0, 0.05) is 19.2 Å². The topological polar surface area (TPSA) is 41.5 Å². The average molecular weight is 356 g/mol. The van der Waals surface area contributed by atoms with E-state index in [2.05, 4.69) is 62.5 Å². The van der Waals surface area contributed by atoms with Crippen molar-refractivity contribution < 1.29 is 9.84 Å². The molecule has 26 heavy (non-hydrogen) atoms. The van der Waals surface area contributed by atoms with Gasteiger partial charge in [-0.15, -0.1) is 0 Å². The number of ether oxygens (including phenoxy) is 1. The number of benzene rings is 2. The van der Waals surface area contributed by atoms with Gasteiger partial charge in [-0.2, -0.15) is 0 Å². The van der Waals surface area contributed by atoms with Crippen molar-refractivity contribution in [3.8, 4) is 5.75 Å². The molecule has 3 nitrogen and oxygen atoms in total. The Morgan fingerprint density at radius 1 is 1.04 bits per heavy atom. The molecule has 142 valence electrons.